The number of nitrogens with zero attached hydrogens (tertiary/aromatic N) is 2. The molecule has 0 fully saturated rings. The van der Waals surface area contributed by atoms with Crippen LogP contribution in [0.15, 0.2) is 30.5 Å². The van der Waals surface area contributed by atoms with Gasteiger partial charge in [0, 0.05) is 31.2 Å². The van der Waals surface area contributed by atoms with Crippen molar-refractivity contribution in [3.63, 3.8) is 0 Å². The van der Waals surface area contributed by atoms with E-state index in [4.69, 9.17) is 5.11 Å². The summed E-state index contributed by atoms with van der Waals surface area (Å²) in [5.74, 6) is -1.55. The van der Waals surface area contributed by atoms with Crippen LogP contribution in [0.25, 0.3) is 10.9 Å². The molecular formula is C13H14N2O3. The van der Waals surface area contributed by atoms with E-state index in [1.54, 1.807) is 7.05 Å². The number of benzene rings is 1. The van der Waals surface area contributed by atoms with Crippen molar-refractivity contribution in [2.24, 2.45) is 7.05 Å². The van der Waals surface area contributed by atoms with E-state index in [0.29, 0.717) is 0 Å². The average Bonchev–Trinajstić information content (AvgIpc) is 2.66. The average molecular weight is 246 g/mol. The summed E-state index contributed by atoms with van der Waals surface area (Å²) in [6.45, 7) is 0. The van der Waals surface area contributed by atoms with Crippen LogP contribution in [0.2, 0.25) is 0 Å². The molecule has 1 aromatic carbocycles. The molecule has 0 unspecified atom stereocenters. The number of aryl methyl sites for hydroxylation is 1. The molecule has 0 bridgehead atoms. The van der Waals surface area contributed by atoms with Gasteiger partial charge in [-0.1, -0.05) is 18.2 Å². The van der Waals surface area contributed by atoms with Crippen molar-refractivity contribution >= 4 is 28.5 Å². The van der Waals surface area contributed by atoms with Crippen molar-refractivity contribution in [3.8, 4) is 0 Å². The Labute approximate surface area is 104 Å². The van der Waals surface area contributed by atoms with Gasteiger partial charge < -0.3 is 14.6 Å². The van der Waals surface area contributed by atoms with E-state index in [1.165, 1.54) is 4.90 Å². The van der Waals surface area contributed by atoms with Gasteiger partial charge in [-0.05, 0) is 6.07 Å². The van der Waals surface area contributed by atoms with E-state index in [0.717, 1.165) is 16.6 Å². The standard InChI is InChI=1S/C13H14N2O3/c1-14-8-11(9-5-3-4-6-10(9)14)15(2)12(16)7-13(17)18/h3-6,8H,7H2,1-2H3,(H,17,18). The van der Waals surface area contributed by atoms with Gasteiger partial charge in [0.2, 0.25) is 5.91 Å². The first-order valence-electron chi connectivity index (χ1n) is 5.53. The number of carboxylic acid groups (broad SMARTS) is 1. The topological polar surface area (TPSA) is 62.5 Å². The number of hydrogen-bond donors (Lipinski definition) is 1. The number of aromatic nitrogens is 1. The molecule has 1 heterocycles. The molecule has 0 aliphatic heterocycles. The fourth-order valence-corrected chi connectivity index (χ4v) is 1.97. The van der Waals surface area contributed by atoms with Gasteiger partial charge in [0.05, 0.1) is 5.69 Å². The molecular weight excluding hydrogens is 232 g/mol. The van der Waals surface area contributed by atoms with Crippen LogP contribution >= 0.6 is 0 Å². The number of amides is 1. The smallest absolute Gasteiger partial charge is 0.312 e. The molecule has 0 aliphatic rings. The Balaban J connectivity index is 2.42. The first-order valence-corrected chi connectivity index (χ1v) is 5.53. The number of carbonyl (C=O) groups excluding carboxylic acids is 1. The van der Waals surface area contributed by atoms with Gasteiger partial charge in [0.1, 0.15) is 6.42 Å². The Morgan fingerprint density at radius 2 is 2.00 bits per heavy atom. The Morgan fingerprint density at radius 3 is 2.67 bits per heavy atom. The molecule has 1 amide bonds. The summed E-state index contributed by atoms with van der Waals surface area (Å²) in [6, 6.07) is 7.68. The molecule has 2 aromatic rings. The lowest BCUT2D eigenvalue weighted by Crippen LogP contribution is -2.28. The number of rotatable bonds is 3. The number of hydrogen-bond acceptors (Lipinski definition) is 2. The Bertz CT molecular complexity index is 616. The summed E-state index contributed by atoms with van der Waals surface area (Å²) in [5.41, 5.74) is 1.72. The molecule has 1 N–H and O–H groups in total. The number of anilines is 1. The molecule has 5 nitrogen and oxygen atoms in total. The van der Waals surface area contributed by atoms with E-state index in [-0.39, 0.29) is 0 Å². The minimum Gasteiger partial charge on any atom is -0.481 e. The molecule has 18 heavy (non-hydrogen) atoms. The third kappa shape index (κ3) is 2.07. The van der Waals surface area contributed by atoms with E-state index in [1.807, 2.05) is 42.1 Å². The normalized spacial score (nSPS) is 10.6. The zero-order chi connectivity index (χ0) is 13.3. The largest absolute Gasteiger partial charge is 0.481 e. The predicted octanol–water partition coefficient (Wildman–Crippen LogP) is 1.62. The first kappa shape index (κ1) is 12.2. The van der Waals surface area contributed by atoms with Crippen molar-refractivity contribution in [2.45, 2.75) is 6.42 Å². The molecule has 0 radical (unpaired) electrons. The van der Waals surface area contributed by atoms with Gasteiger partial charge in [-0.3, -0.25) is 9.59 Å². The van der Waals surface area contributed by atoms with Crippen molar-refractivity contribution in [1.82, 2.24) is 4.57 Å². The van der Waals surface area contributed by atoms with Gasteiger partial charge in [-0.2, -0.15) is 0 Å². The second-order valence-electron chi connectivity index (χ2n) is 4.17. The van der Waals surface area contributed by atoms with Gasteiger partial charge in [0.25, 0.3) is 0 Å². The van der Waals surface area contributed by atoms with Crippen LogP contribution in [0.1, 0.15) is 6.42 Å². The van der Waals surface area contributed by atoms with Crippen LogP contribution in [-0.4, -0.2) is 28.6 Å². The monoisotopic (exact) mass is 246 g/mol. The SMILES string of the molecule is CN(C(=O)CC(=O)O)c1cn(C)c2ccccc12. The quantitative estimate of drug-likeness (QED) is 0.837. The fourth-order valence-electron chi connectivity index (χ4n) is 1.97. The highest BCUT2D eigenvalue weighted by molar-refractivity contribution is 6.07. The molecule has 0 spiro atoms. The molecule has 2 rings (SSSR count). The molecule has 5 heteroatoms. The Morgan fingerprint density at radius 1 is 1.33 bits per heavy atom. The third-order valence-electron chi connectivity index (χ3n) is 2.91. The lowest BCUT2D eigenvalue weighted by Gasteiger charge is -2.14. The minimum atomic E-state index is -1.12. The molecule has 0 saturated carbocycles. The summed E-state index contributed by atoms with van der Waals surface area (Å²) >= 11 is 0. The van der Waals surface area contributed by atoms with Crippen LogP contribution in [0, 0.1) is 0 Å². The third-order valence-corrected chi connectivity index (χ3v) is 2.91. The number of carbonyl (C=O) groups is 2. The Kier molecular flexibility index (Phi) is 3.06. The first-order chi connectivity index (χ1) is 8.50. The Hall–Kier alpha value is -2.30. The van der Waals surface area contributed by atoms with Crippen molar-refractivity contribution in [3.05, 3.63) is 30.5 Å². The fraction of sp³-hybridized carbons (Fsp3) is 0.231. The van der Waals surface area contributed by atoms with Crippen LogP contribution in [0.3, 0.4) is 0 Å². The van der Waals surface area contributed by atoms with E-state index >= 15 is 0 Å². The number of aliphatic carboxylic acids is 1. The van der Waals surface area contributed by atoms with Crippen LogP contribution in [0.5, 0.6) is 0 Å². The number of carboxylic acids is 1. The number of para-hydroxylation sites is 1. The maximum absolute atomic E-state index is 11.7. The summed E-state index contributed by atoms with van der Waals surface area (Å²) < 4.78 is 1.91. The van der Waals surface area contributed by atoms with E-state index in [9.17, 15) is 9.59 Å². The van der Waals surface area contributed by atoms with Crippen molar-refractivity contribution < 1.29 is 14.7 Å². The predicted molar refractivity (Wildman–Crippen MR) is 68.6 cm³/mol. The van der Waals surface area contributed by atoms with Crippen molar-refractivity contribution in [1.29, 1.82) is 0 Å². The maximum Gasteiger partial charge on any atom is 0.312 e. The highest BCUT2D eigenvalue weighted by atomic mass is 16.4. The van der Waals surface area contributed by atoms with Crippen LogP contribution in [-0.2, 0) is 16.6 Å². The molecule has 0 aliphatic carbocycles. The minimum absolute atomic E-state index is 0.432. The summed E-state index contributed by atoms with van der Waals surface area (Å²) in [7, 11) is 3.48. The van der Waals surface area contributed by atoms with E-state index in [2.05, 4.69) is 0 Å². The highest BCUT2D eigenvalue weighted by Gasteiger charge is 2.18. The van der Waals surface area contributed by atoms with Gasteiger partial charge >= 0.3 is 5.97 Å². The highest BCUT2D eigenvalue weighted by Crippen LogP contribution is 2.27. The summed E-state index contributed by atoms with van der Waals surface area (Å²) in [5, 5.41) is 9.58. The second kappa shape index (κ2) is 4.52. The van der Waals surface area contributed by atoms with Crippen LogP contribution in [0.4, 0.5) is 5.69 Å². The summed E-state index contributed by atoms with van der Waals surface area (Å²) in [4.78, 5) is 23.7. The van der Waals surface area contributed by atoms with Crippen molar-refractivity contribution in [2.75, 3.05) is 11.9 Å². The van der Waals surface area contributed by atoms with Gasteiger partial charge in [-0.25, -0.2) is 0 Å². The zero-order valence-electron chi connectivity index (χ0n) is 10.3. The number of fused-ring (bicyclic) bond motifs is 1. The molecule has 0 atom stereocenters. The summed E-state index contributed by atoms with van der Waals surface area (Å²) in [6.07, 6.45) is 1.32. The van der Waals surface area contributed by atoms with Crippen LogP contribution < -0.4 is 4.90 Å². The zero-order valence-corrected chi connectivity index (χ0v) is 10.3. The lowest BCUT2D eigenvalue weighted by atomic mass is 10.2. The molecule has 1 aromatic heterocycles. The van der Waals surface area contributed by atoms with E-state index < -0.39 is 18.3 Å². The lowest BCUT2D eigenvalue weighted by molar-refractivity contribution is -0.140. The molecule has 0 saturated heterocycles. The van der Waals surface area contributed by atoms with Gasteiger partial charge in [-0.15, -0.1) is 0 Å². The van der Waals surface area contributed by atoms with Gasteiger partial charge in [0.15, 0.2) is 0 Å². The maximum atomic E-state index is 11.7. The second-order valence-corrected chi connectivity index (χ2v) is 4.17. The molecule has 94 valence electrons.